The Morgan fingerprint density at radius 2 is 1.88 bits per heavy atom. The van der Waals surface area contributed by atoms with Gasteiger partial charge in [-0.3, -0.25) is 4.79 Å². The smallest absolute Gasteiger partial charge is 0.355 e. The zero-order valence-corrected chi connectivity index (χ0v) is 11.0. The van der Waals surface area contributed by atoms with Crippen molar-refractivity contribution in [1.82, 2.24) is 5.32 Å². The van der Waals surface area contributed by atoms with E-state index in [2.05, 4.69) is 5.32 Å². The first-order chi connectivity index (χ1) is 7.59. The highest BCUT2D eigenvalue weighted by Gasteiger charge is 2.76. The molecule has 0 heterocycles. The number of halogens is 5. The van der Waals surface area contributed by atoms with E-state index in [1.165, 1.54) is 0 Å². The molecule has 2 atom stereocenters. The Balaban J connectivity index is 2.54. The first-order valence-electron chi connectivity index (χ1n) is 5.32. The highest BCUT2D eigenvalue weighted by atomic mass is 35.5. The van der Waals surface area contributed by atoms with E-state index in [4.69, 9.17) is 23.2 Å². The fourth-order valence-electron chi connectivity index (χ4n) is 2.17. The van der Waals surface area contributed by atoms with Gasteiger partial charge in [0.15, 0.2) is 0 Å². The van der Waals surface area contributed by atoms with Gasteiger partial charge in [0.05, 0.1) is 11.8 Å². The molecule has 0 aromatic carbocycles. The van der Waals surface area contributed by atoms with Crippen LogP contribution < -0.4 is 5.32 Å². The molecule has 1 rings (SSSR count). The minimum absolute atomic E-state index is 0.255. The van der Waals surface area contributed by atoms with Crippen LogP contribution in [0.15, 0.2) is 0 Å². The van der Waals surface area contributed by atoms with Crippen LogP contribution in [0.5, 0.6) is 0 Å². The van der Waals surface area contributed by atoms with Crippen LogP contribution >= 0.6 is 23.2 Å². The third kappa shape index (κ3) is 2.50. The number of hydrogen-bond donors (Lipinski definition) is 1. The highest BCUT2D eigenvalue weighted by Crippen LogP contribution is 2.70. The monoisotopic (exact) mass is 291 g/mol. The molecule has 0 aromatic rings. The molecule has 1 aliphatic carbocycles. The highest BCUT2D eigenvalue weighted by molar-refractivity contribution is 6.53. The lowest BCUT2D eigenvalue weighted by molar-refractivity contribution is -0.137. The van der Waals surface area contributed by atoms with Crippen molar-refractivity contribution in [3.63, 3.8) is 0 Å². The van der Waals surface area contributed by atoms with Crippen molar-refractivity contribution in [3.8, 4) is 0 Å². The lowest BCUT2D eigenvalue weighted by atomic mass is 9.99. The Morgan fingerprint density at radius 3 is 2.18 bits per heavy atom. The maximum Gasteiger partial charge on any atom is 0.390 e. The molecule has 0 radical (unpaired) electrons. The van der Waals surface area contributed by atoms with E-state index >= 15 is 0 Å². The molecule has 2 nitrogen and oxygen atoms in total. The average Bonchev–Trinajstić information content (AvgIpc) is 2.60. The van der Waals surface area contributed by atoms with E-state index in [0.29, 0.717) is 6.42 Å². The maximum absolute atomic E-state index is 11.9. The summed E-state index contributed by atoms with van der Waals surface area (Å²) in [6.45, 7) is 3.01. The molecule has 2 unspecified atom stereocenters. The van der Waals surface area contributed by atoms with E-state index in [1.807, 2.05) is 0 Å². The predicted octanol–water partition coefficient (Wildman–Crippen LogP) is 3.28. The van der Waals surface area contributed by atoms with Crippen LogP contribution in [0.2, 0.25) is 0 Å². The Hall–Kier alpha value is -0.160. The van der Waals surface area contributed by atoms with Gasteiger partial charge in [0, 0.05) is 12.5 Å². The van der Waals surface area contributed by atoms with Crippen molar-refractivity contribution in [2.45, 2.75) is 37.2 Å². The molecule has 0 aliphatic heterocycles. The third-order valence-corrected chi connectivity index (χ3v) is 4.78. The summed E-state index contributed by atoms with van der Waals surface area (Å²) >= 11 is 11.9. The molecule has 0 spiro atoms. The fraction of sp³-hybridized carbons (Fsp3) is 0.900. The van der Waals surface area contributed by atoms with Gasteiger partial charge in [-0.25, -0.2) is 0 Å². The number of rotatable bonds is 4. The first-order valence-corrected chi connectivity index (χ1v) is 6.08. The fourth-order valence-corrected chi connectivity index (χ4v) is 3.20. The molecule has 1 amide bonds. The second-order valence-electron chi connectivity index (χ2n) is 4.29. The van der Waals surface area contributed by atoms with Gasteiger partial charge in [-0.2, -0.15) is 13.2 Å². The van der Waals surface area contributed by atoms with E-state index in [9.17, 15) is 18.0 Å². The van der Waals surface area contributed by atoms with Crippen molar-refractivity contribution in [2.24, 2.45) is 11.3 Å². The minimum Gasteiger partial charge on any atom is -0.355 e. The van der Waals surface area contributed by atoms with Gasteiger partial charge in [-0.15, -0.1) is 23.2 Å². The van der Waals surface area contributed by atoms with Crippen molar-refractivity contribution in [1.29, 1.82) is 0 Å². The molecule has 1 N–H and O–H groups in total. The summed E-state index contributed by atoms with van der Waals surface area (Å²) in [5, 5.41) is 2.25. The summed E-state index contributed by atoms with van der Waals surface area (Å²) in [5.41, 5.74) is -0.957. The molecule has 0 saturated heterocycles. The number of carbonyl (C=O) groups excluding carboxylic acids is 1. The van der Waals surface area contributed by atoms with E-state index in [-0.39, 0.29) is 5.92 Å². The van der Waals surface area contributed by atoms with Crippen LogP contribution in [0, 0.1) is 11.3 Å². The van der Waals surface area contributed by atoms with Gasteiger partial charge in [-0.05, 0) is 6.42 Å². The van der Waals surface area contributed by atoms with Gasteiger partial charge in [0.2, 0.25) is 5.91 Å². The van der Waals surface area contributed by atoms with E-state index in [0.717, 1.165) is 0 Å². The zero-order valence-electron chi connectivity index (χ0n) is 9.50. The molecule has 7 heteroatoms. The average molecular weight is 292 g/mol. The normalized spacial score (nSPS) is 31.1. The lowest BCUT2D eigenvalue weighted by Gasteiger charge is -2.16. The van der Waals surface area contributed by atoms with Crippen molar-refractivity contribution < 1.29 is 18.0 Å². The molecule has 1 aliphatic rings. The third-order valence-electron chi connectivity index (χ3n) is 3.45. The Bertz CT molecular complexity index is 319. The zero-order chi connectivity index (χ0) is 13.5. The quantitative estimate of drug-likeness (QED) is 0.792. The van der Waals surface area contributed by atoms with Crippen molar-refractivity contribution in [2.75, 3.05) is 6.54 Å². The first kappa shape index (κ1) is 14.9. The molecule has 1 fully saturated rings. The van der Waals surface area contributed by atoms with Crippen LogP contribution in [0.1, 0.15) is 26.7 Å². The molecule has 1 saturated carbocycles. The summed E-state index contributed by atoms with van der Waals surface area (Å²) < 4.78 is 34.6. The largest absolute Gasteiger partial charge is 0.390 e. The molecule has 100 valence electrons. The summed E-state index contributed by atoms with van der Waals surface area (Å²) in [6.07, 6.45) is -4.93. The number of hydrogen-bond acceptors (Lipinski definition) is 1. The lowest BCUT2D eigenvalue weighted by Crippen LogP contribution is -2.37. The molecular weight excluding hydrogens is 278 g/mol. The van der Waals surface area contributed by atoms with Crippen molar-refractivity contribution >= 4 is 29.1 Å². The Morgan fingerprint density at radius 1 is 1.41 bits per heavy atom. The Kier molecular flexibility index (Phi) is 3.94. The van der Waals surface area contributed by atoms with Crippen LogP contribution in [0.4, 0.5) is 13.2 Å². The minimum atomic E-state index is -4.28. The van der Waals surface area contributed by atoms with Crippen LogP contribution in [-0.2, 0) is 4.79 Å². The van der Waals surface area contributed by atoms with Crippen LogP contribution in [0.3, 0.4) is 0 Å². The molecular formula is C10H14Cl2F3NO. The standard InChI is InChI=1S/C10H14Cl2F3NO/c1-3-8(6(2)10(8,11)12)7(17)16-5-4-9(13,14)15/h6H,3-5H2,1-2H3,(H,16,17). The van der Waals surface area contributed by atoms with Gasteiger partial charge < -0.3 is 5.32 Å². The molecule has 0 bridgehead atoms. The summed E-state index contributed by atoms with van der Waals surface area (Å²) in [7, 11) is 0. The second-order valence-corrected chi connectivity index (χ2v) is 5.68. The van der Waals surface area contributed by atoms with Gasteiger partial charge >= 0.3 is 6.18 Å². The number of nitrogens with one attached hydrogen (secondary N) is 1. The molecule has 0 aromatic heterocycles. The number of carbonyl (C=O) groups is 1. The summed E-state index contributed by atoms with van der Waals surface area (Å²) in [6, 6.07) is 0. The molecule has 17 heavy (non-hydrogen) atoms. The van der Waals surface area contributed by atoms with E-state index in [1.54, 1.807) is 13.8 Å². The maximum atomic E-state index is 11.9. The summed E-state index contributed by atoms with van der Waals surface area (Å²) in [5.74, 6) is -0.754. The van der Waals surface area contributed by atoms with Gasteiger partial charge in [0.25, 0.3) is 0 Å². The van der Waals surface area contributed by atoms with Crippen molar-refractivity contribution in [3.05, 3.63) is 0 Å². The van der Waals surface area contributed by atoms with Crippen LogP contribution in [0.25, 0.3) is 0 Å². The van der Waals surface area contributed by atoms with Crippen LogP contribution in [-0.4, -0.2) is 23.0 Å². The van der Waals surface area contributed by atoms with E-state index < -0.39 is 34.8 Å². The van der Waals surface area contributed by atoms with Gasteiger partial charge in [-0.1, -0.05) is 13.8 Å². The number of alkyl halides is 5. The Labute approximate surface area is 108 Å². The second kappa shape index (κ2) is 4.50. The predicted molar refractivity (Wildman–Crippen MR) is 60.0 cm³/mol. The van der Waals surface area contributed by atoms with Gasteiger partial charge in [0.1, 0.15) is 4.33 Å². The summed E-state index contributed by atoms with van der Waals surface area (Å²) in [4.78, 5) is 11.8. The topological polar surface area (TPSA) is 29.1 Å². The SMILES string of the molecule is CCC1(C(=O)NCCC(F)(F)F)C(C)C1(Cl)Cl. The number of amides is 1.